The Kier molecular flexibility index (Phi) is 5.88. The van der Waals surface area contributed by atoms with Crippen molar-refractivity contribution >= 4 is 23.2 Å². The topological polar surface area (TPSA) is 79.7 Å². The smallest absolute Gasteiger partial charge is 0.341 e. The molecular weight excluding hydrogens is 352 g/mol. The van der Waals surface area contributed by atoms with Crippen molar-refractivity contribution in [3.63, 3.8) is 0 Å². The highest BCUT2D eigenvalue weighted by atomic mass is 32.1. The zero-order valence-electron chi connectivity index (χ0n) is 14.7. The standard InChI is InChI=1S/C19H22N2O4S/c1-2-15-12-26-18(20-15)14-6-4-8-21(10-14)19(24)13-5-3-7-16(9-13)25-11-17(22)23/h3,5,7,9,12,14H,2,4,6,8,10-11H2,1H3,(H,22,23). The molecule has 138 valence electrons. The molecule has 1 N–H and O–H groups in total. The highest BCUT2D eigenvalue weighted by Gasteiger charge is 2.27. The van der Waals surface area contributed by atoms with E-state index in [0.29, 0.717) is 17.9 Å². The highest BCUT2D eigenvalue weighted by Crippen LogP contribution is 2.30. The summed E-state index contributed by atoms with van der Waals surface area (Å²) in [6, 6.07) is 6.70. The SMILES string of the molecule is CCc1csc(C2CCCN(C(=O)c3cccc(OCC(=O)O)c3)C2)n1. The molecule has 0 radical (unpaired) electrons. The summed E-state index contributed by atoms with van der Waals surface area (Å²) in [5.74, 6) is -0.429. The minimum Gasteiger partial charge on any atom is -0.482 e. The molecule has 1 atom stereocenters. The first-order valence-electron chi connectivity index (χ1n) is 8.75. The summed E-state index contributed by atoms with van der Waals surface area (Å²) in [4.78, 5) is 30.0. The summed E-state index contributed by atoms with van der Waals surface area (Å²) in [6.07, 6.45) is 2.92. The van der Waals surface area contributed by atoms with Crippen LogP contribution in [0.1, 0.15) is 46.7 Å². The van der Waals surface area contributed by atoms with Gasteiger partial charge in [-0.15, -0.1) is 11.3 Å². The van der Waals surface area contributed by atoms with Crippen LogP contribution in [0, 0.1) is 0 Å². The van der Waals surface area contributed by atoms with Crippen molar-refractivity contribution in [1.82, 2.24) is 9.88 Å². The van der Waals surface area contributed by atoms with E-state index >= 15 is 0 Å². The van der Waals surface area contributed by atoms with Gasteiger partial charge in [-0.05, 0) is 37.5 Å². The van der Waals surface area contributed by atoms with E-state index < -0.39 is 12.6 Å². The average molecular weight is 374 g/mol. The molecule has 2 heterocycles. The molecule has 7 heteroatoms. The number of benzene rings is 1. The van der Waals surface area contributed by atoms with Crippen molar-refractivity contribution < 1.29 is 19.4 Å². The van der Waals surface area contributed by atoms with E-state index in [0.717, 1.165) is 36.5 Å². The molecule has 1 aromatic carbocycles. The lowest BCUT2D eigenvalue weighted by molar-refractivity contribution is -0.139. The molecule has 26 heavy (non-hydrogen) atoms. The first kappa shape index (κ1) is 18.4. The fraction of sp³-hybridized carbons (Fsp3) is 0.421. The van der Waals surface area contributed by atoms with E-state index in [1.54, 1.807) is 35.6 Å². The first-order chi connectivity index (χ1) is 12.6. The fourth-order valence-electron chi connectivity index (χ4n) is 3.08. The minimum atomic E-state index is -1.05. The maximum atomic E-state index is 12.9. The van der Waals surface area contributed by atoms with Gasteiger partial charge in [-0.2, -0.15) is 0 Å². The largest absolute Gasteiger partial charge is 0.482 e. The number of carboxylic acid groups (broad SMARTS) is 1. The van der Waals surface area contributed by atoms with Crippen molar-refractivity contribution in [3.05, 3.63) is 45.9 Å². The summed E-state index contributed by atoms with van der Waals surface area (Å²) in [7, 11) is 0. The van der Waals surface area contributed by atoms with Crippen LogP contribution in [-0.2, 0) is 11.2 Å². The number of carboxylic acids is 1. The van der Waals surface area contributed by atoms with Crippen LogP contribution in [0.25, 0.3) is 0 Å². The summed E-state index contributed by atoms with van der Waals surface area (Å²) in [5, 5.41) is 11.9. The summed E-state index contributed by atoms with van der Waals surface area (Å²) in [6.45, 7) is 3.06. The lowest BCUT2D eigenvalue weighted by Gasteiger charge is -2.32. The number of piperidine rings is 1. The molecule has 0 aliphatic carbocycles. The molecule has 6 nitrogen and oxygen atoms in total. The number of thiazole rings is 1. The second kappa shape index (κ2) is 8.31. The number of amides is 1. The highest BCUT2D eigenvalue weighted by molar-refractivity contribution is 7.09. The van der Waals surface area contributed by atoms with E-state index in [4.69, 9.17) is 9.84 Å². The predicted octanol–water partition coefficient (Wildman–Crippen LogP) is 3.19. The van der Waals surface area contributed by atoms with E-state index in [-0.39, 0.29) is 11.8 Å². The van der Waals surface area contributed by atoms with Crippen LogP contribution in [-0.4, -0.2) is 46.6 Å². The van der Waals surface area contributed by atoms with Gasteiger partial charge in [-0.25, -0.2) is 9.78 Å². The number of hydrogen-bond donors (Lipinski definition) is 1. The van der Waals surface area contributed by atoms with Crippen molar-refractivity contribution in [2.45, 2.75) is 32.1 Å². The maximum absolute atomic E-state index is 12.9. The van der Waals surface area contributed by atoms with Crippen LogP contribution >= 0.6 is 11.3 Å². The molecule has 2 aromatic rings. The lowest BCUT2D eigenvalue weighted by atomic mass is 9.98. The Bertz CT molecular complexity index is 789. The van der Waals surface area contributed by atoms with Gasteiger partial charge in [0.25, 0.3) is 5.91 Å². The number of aromatic nitrogens is 1. The number of nitrogens with zero attached hydrogens (tertiary/aromatic N) is 2. The van der Waals surface area contributed by atoms with Crippen molar-refractivity contribution in [3.8, 4) is 5.75 Å². The van der Waals surface area contributed by atoms with Gasteiger partial charge in [0.2, 0.25) is 0 Å². The molecule has 0 saturated carbocycles. The molecule has 1 aliphatic heterocycles. The summed E-state index contributed by atoms with van der Waals surface area (Å²) < 4.78 is 5.17. The van der Waals surface area contributed by atoms with Crippen LogP contribution < -0.4 is 4.74 Å². The van der Waals surface area contributed by atoms with Gasteiger partial charge in [0, 0.05) is 30.0 Å². The zero-order chi connectivity index (χ0) is 18.5. The number of carbonyl (C=O) groups excluding carboxylic acids is 1. The molecule has 1 aliphatic rings. The summed E-state index contributed by atoms with van der Waals surface area (Å²) >= 11 is 1.68. The zero-order valence-corrected chi connectivity index (χ0v) is 15.5. The first-order valence-corrected chi connectivity index (χ1v) is 9.63. The Labute approximate surface area is 156 Å². The van der Waals surface area contributed by atoms with Gasteiger partial charge < -0.3 is 14.7 Å². The number of ether oxygens (including phenoxy) is 1. The van der Waals surface area contributed by atoms with Crippen LogP contribution in [0.2, 0.25) is 0 Å². The van der Waals surface area contributed by atoms with Gasteiger partial charge in [0.15, 0.2) is 6.61 Å². The quantitative estimate of drug-likeness (QED) is 0.840. The number of hydrogen-bond acceptors (Lipinski definition) is 5. The second-order valence-electron chi connectivity index (χ2n) is 6.33. The molecule has 1 unspecified atom stereocenters. The molecule has 1 fully saturated rings. The minimum absolute atomic E-state index is 0.0530. The lowest BCUT2D eigenvalue weighted by Crippen LogP contribution is -2.39. The van der Waals surface area contributed by atoms with Gasteiger partial charge in [0.05, 0.1) is 10.7 Å². The van der Waals surface area contributed by atoms with Gasteiger partial charge >= 0.3 is 5.97 Å². The normalized spacial score (nSPS) is 17.1. The third-order valence-electron chi connectivity index (χ3n) is 4.43. The fourth-order valence-corrected chi connectivity index (χ4v) is 4.11. The molecule has 0 bridgehead atoms. The molecule has 1 amide bonds. The number of aryl methyl sites for hydroxylation is 1. The third-order valence-corrected chi connectivity index (χ3v) is 5.49. The van der Waals surface area contributed by atoms with Crippen LogP contribution in [0.3, 0.4) is 0 Å². The van der Waals surface area contributed by atoms with E-state index in [1.165, 1.54) is 0 Å². The van der Waals surface area contributed by atoms with E-state index in [2.05, 4.69) is 17.3 Å². The molecular formula is C19H22N2O4S. The average Bonchev–Trinajstić information content (AvgIpc) is 3.15. The van der Waals surface area contributed by atoms with Crippen LogP contribution in [0.5, 0.6) is 5.75 Å². The van der Waals surface area contributed by atoms with E-state index in [1.807, 2.05) is 4.90 Å². The summed E-state index contributed by atoms with van der Waals surface area (Å²) in [5.41, 5.74) is 1.62. The molecule has 1 saturated heterocycles. The van der Waals surface area contributed by atoms with Gasteiger partial charge in [-0.3, -0.25) is 4.79 Å². The third kappa shape index (κ3) is 4.40. The van der Waals surface area contributed by atoms with Crippen LogP contribution in [0.4, 0.5) is 0 Å². The maximum Gasteiger partial charge on any atom is 0.341 e. The van der Waals surface area contributed by atoms with Gasteiger partial charge in [-0.1, -0.05) is 13.0 Å². The number of rotatable bonds is 6. The Balaban J connectivity index is 1.69. The Hall–Kier alpha value is -2.41. The molecule has 1 aromatic heterocycles. The Morgan fingerprint density at radius 3 is 3.00 bits per heavy atom. The van der Waals surface area contributed by atoms with Crippen LogP contribution in [0.15, 0.2) is 29.6 Å². The van der Waals surface area contributed by atoms with Crippen molar-refractivity contribution in [2.24, 2.45) is 0 Å². The monoisotopic (exact) mass is 374 g/mol. The van der Waals surface area contributed by atoms with Crippen molar-refractivity contribution in [2.75, 3.05) is 19.7 Å². The van der Waals surface area contributed by atoms with Gasteiger partial charge in [0.1, 0.15) is 5.75 Å². The Morgan fingerprint density at radius 1 is 1.42 bits per heavy atom. The second-order valence-corrected chi connectivity index (χ2v) is 7.22. The Morgan fingerprint density at radius 2 is 2.27 bits per heavy atom. The number of aliphatic carboxylic acids is 1. The predicted molar refractivity (Wildman–Crippen MR) is 98.9 cm³/mol. The molecule has 0 spiro atoms. The number of likely N-dealkylation sites (tertiary alicyclic amines) is 1. The van der Waals surface area contributed by atoms with Crippen molar-refractivity contribution in [1.29, 1.82) is 0 Å². The number of carbonyl (C=O) groups is 2. The van der Waals surface area contributed by atoms with E-state index in [9.17, 15) is 9.59 Å². The molecule has 3 rings (SSSR count).